The highest BCUT2D eigenvalue weighted by atomic mass is 16.1. The summed E-state index contributed by atoms with van der Waals surface area (Å²) >= 11 is 0. The number of amides is 1. The molecule has 0 aliphatic carbocycles. The predicted octanol–water partition coefficient (Wildman–Crippen LogP) is 5.58. The van der Waals surface area contributed by atoms with Gasteiger partial charge in [0.05, 0.1) is 11.7 Å². The smallest absolute Gasteiger partial charge is 0.224 e. The lowest BCUT2D eigenvalue weighted by Crippen LogP contribution is -2.19. The van der Waals surface area contributed by atoms with Crippen LogP contribution in [0.2, 0.25) is 0 Å². The van der Waals surface area contributed by atoms with Crippen molar-refractivity contribution in [2.75, 3.05) is 5.32 Å². The molecule has 0 unspecified atom stereocenters. The van der Waals surface area contributed by atoms with Gasteiger partial charge in [0.1, 0.15) is 0 Å². The van der Waals surface area contributed by atoms with Crippen LogP contribution in [0.1, 0.15) is 38.4 Å². The molecule has 2 heterocycles. The Kier molecular flexibility index (Phi) is 4.63. The number of carbonyl (C=O) groups excluding carboxylic acids is 1. The van der Waals surface area contributed by atoms with Crippen LogP contribution in [0.3, 0.4) is 0 Å². The maximum absolute atomic E-state index is 12.5. The Hall–Kier alpha value is -3.14. The van der Waals surface area contributed by atoms with Crippen LogP contribution in [0.4, 0.5) is 5.69 Å². The highest BCUT2D eigenvalue weighted by Gasteiger charge is 2.18. The molecule has 4 aromatic rings. The van der Waals surface area contributed by atoms with Crippen molar-refractivity contribution >= 4 is 33.4 Å². The molecule has 0 saturated heterocycles. The van der Waals surface area contributed by atoms with Crippen LogP contribution in [-0.2, 0) is 16.6 Å². The van der Waals surface area contributed by atoms with Crippen LogP contribution in [0.5, 0.6) is 0 Å². The Balaban J connectivity index is 1.49. The number of para-hydroxylation sites is 2. The number of aromatic nitrogens is 2. The average molecular weight is 371 g/mol. The zero-order valence-electron chi connectivity index (χ0n) is 16.5. The molecule has 4 nitrogen and oxygen atoms in total. The normalized spacial score (nSPS) is 11.8. The number of hydrogen-bond acceptors (Lipinski definition) is 2. The molecule has 0 aliphatic heterocycles. The number of aryl methyl sites for hydroxylation is 1. The Labute approximate surface area is 165 Å². The summed E-state index contributed by atoms with van der Waals surface area (Å²) in [6, 6.07) is 18.3. The van der Waals surface area contributed by atoms with E-state index in [0.29, 0.717) is 12.8 Å². The number of benzene rings is 2. The summed E-state index contributed by atoms with van der Waals surface area (Å²) < 4.78 is 0. The predicted molar refractivity (Wildman–Crippen MR) is 116 cm³/mol. The van der Waals surface area contributed by atoms with Crippen molar-refractivity contribution in [3.8, 4) is 0 Å². The third kappa shape index (κ3) is 3.63. The molecule has 0 bridgehead atoms. The minimum absolute atomic E-state index is 0.0116. The fraction of sp³-hybridized carbons (Fsp3) is 0.250. The molecule has 2 aromatic carbocycles. The number of rotatable bonds is 4. The second kappa shape index (κ2) is 7.12. The Morgan fingerprint density at radius 1 is 1.00 bits per heavy atom. The van der Waals surface area contributed by atoms with E-state index in [1.165, 1.54) is 5.39 Å². The standard InChI is InChI=1S/C24H25N3O/c1-24(2,3)19-9-5-7-11-21(19)27-23(28)13-12-16-14-18-17-8-4-6-10-20(17)26-22(18)15-25-16/h4-11,14-15,26H,12-13H2,1-3H3,(H,27,28). The van der Waals surface area contributed by atoms with Gasteiger partial charge in [-0.05, 0) is 35.6 Å². The minimum Gasteiger partial charge on any atom is -0.353 e. The highest BCUT2D eigenvalue weighted by Crippen LogP contribution is 2.29. The van der Waals surface area contributed by atoms with Crippen molar-refractivity contribution in [3.63, 3.8) is 0 Å². The molecule has 28 heavy (non-hydrogen) atoms. The highest BCUT2D eigenvalue weighted by molar-refractivity contribution is 6.07. The van der Waals surface area contributed by atoms with Crippen LogP contribution >= 0.6 is 0 Å². The molecule has 1 amide bonds. The van der Waals surface area contributed by atoms with Crippen molar-refractivity contribution in [2.45, 2.75) is 39.0 Å². The van der Waals surface area contributed by atoms with Crippen LogP contribution in [0, 0.1) is 0 Å². The van der Waals surface area contributed by atoms with Gasteiger partial charge in [0.15, 0.2) is 0 Å². The first-order chi connectivity index (χ1) is 13.4. The first-order valence-electron chi connectivity index (χ1n) is 9.66. The number of fused-ring (bicyclic) bond motifs is 3. The summed E-state index contributed by atoms with van der Waals surface area (Å²) in [5, 5.41) is 5.41. The van der Waals surface area contributed by atoms with Gasteiger partial charge < -0.3 is 10.3 Å². The molecule has 0 aliphatic rings. The fourth-order valence-corrected chi connectivity index (χ4v) is 3.63. The van der Waals surface area contributed by atoms with Gasteiger partial charge in [-0.2, -0.15) is 0 Å². The molecule has 0 fully saturated rings. The summed E-state index contributed by atoms with van der Waals surface area (Å²) in [6.07, 6.45) is 2.87. The monoisotopic (exact) mass is 371 g/mol. The van der Waals surface area contributed by atoms with Crippen LogP contribution < -0.4 is 5.32 Å². The van der Waals surface area contributed by atoms with E-state index in [9.17, 15) is 4.79 Å². The summed E-state index contributed by atoms with van der Waals surface area (Å²) in [5.74, 6) is 0.0116. The average Bonchev–Trinajstić information content (AvgIpc) is 3.04. The molecule has 2 aromatic heterocycles. The number of hydrogen-bond donors (Lipinski definition) is 2. The zero-order valence-corrected chi connectivity index (χ0v) is 16.5. The number of aromatic amines is 1. The van der Waals surface area contributed by atoms with E-state index in [1.54, 1.807) is 0 Å². The summed E-state index contributed by atoms with van der Waals surface area (Å²) in [7, 11) is 0. The quantitative estimate of drug-likeness (QED) is 0.492. The van der Waals surface area contributed by atoms with E-state index in [2.05, 4.69) is 60.3 Å². The summed E-state index contributed by atoms with van der Waals surface area (Å²) in [5.41, 5.74) is 5.06. The van der Waals surface area contributed by atoms with Crippen molar-refractivity contribution in [2.24, 2.45) is 0 Å². The SMILES string of the molecule is CC(C)(C)c1ccccc1NC(=O)CCc1cc2c(cn1)[nH]c1ccccc12. The topological polar surface area (TPSA) is 57.8 Å². The first kappa shape index (κ1) is 18.2. The second-order valence-corrected chi connectivity index (χ2v) is 8.24. The maximum atomic E-state index is 12.5. The number of nitrogens with zero attached hydrogens (tertiary/aromatic N) is 1. The van der Waals surface area contributed by atoms with E-state index in [4.69, 9.17) is 0 Å². The van der Waals surface area contributed by atoms with Crippen molar-refractivity contribution in [3.05, 3.63) is 72.1 Å². The number of H-pyrrole nitrogens is 1. The van der Waals surface area contributed by atoms with E-state index in [1.807, 2.05) is 36.5 Å². The second-order valence-electron chi connectivity index (χ2n) is 8.24. The molecule has 0 spiro atoms. The summed E-state index contributed by atoms with van der Waals surface area (Å²) in [4.78, 5) is 20.5. The van der Waals surface area contributed by atoms with Gasteiger partial charge in [0, 0.05) is 34.1 Å². The van der Waals surface area contributed by atoms with E-state index >= 15 is 0 Å². The molecule has 0 radical (unpaired) electrons. The van der Waals surface area contributed by atoms with Crippen molar-refractivity contribution in [1.29, 1.82) is 0 Å². The Morgan fingerprint density at radius 3 is 2.57 bits per heavy atom. The molecule has 142 valence electrons. The lowest BCUT2D eigenvalue weighted by Gasteiger charge is -2.23. The van der Waals surface area contributed by atoms with Gasteiger partial charge in [-0.25, -0.2) is 0 Å². The Morgan fingerprint density at radius 2 is 1.75 bits per heavy atom. The number of pyridine rings is 1. The molecule has 0 saturated carbocycles. The molecular formula is C24H25N3O. The minimum atomic E-state index is -0.0220. The zero-order chi connectivity index (χ0) is 19.7. The van der Waals surface area contributed by atoms with E-state index in [-0.39, 0.29) is 11.3 Å². The van der Waals surface area contributed by atoms with E-state index < -0.39 is 0 Å². The lowest BCUT2D eigenvalue weighted by atomic mass is 9.86. The fourth-order valence-electron chi connectivity index (χ4n) is 3.63. The maximum Gasteiger partial charge on any atom is 0.224 e. The van der Waals surface area contributed by atoms with Crippen LogP contribution in [0.25, 0.3) is 21.8 Å². The van der Waals surface area contributed by atoms with Gasteiger partial charge in [0.25, 0.3) is 0 Å². The van der Waals surface area contributed by atoms with Gasteiger partial charge in [-0.1, -0.05) is 57.2 Å². The number of carbonyl (C=O) groups is 1. The third-order valence-corrected chi connectivity index (χ3v) is 5.06. The van der Waals surface area contributed by atoms with Crippen LogP contribution in [0.15, 0.2) is 60.8 Å². The van der Waals surface area contributed by atoms with Crippen LogP contribution in [-0.4, -0.2) is 15.9 Å². The third-order valence-electron chi connectivity index (χ3n) is 5.06. The first-order valence-corrected chi connectivity index (χ1v) is 9.66. The lowest BCUT2D eigenvalue weighted by molar-refractivity contribution is -0.116. The van der Waals surface area contributed by atoms with Gasteiger partial charge in [0.2, 0.25) is 5.91 Å². The van der Waals surface area contributed by atoms with Crippen molar-refractivity contribution < 1.29 is 4.79 Å². The Bertz CT molecular complexity index is 1150. The largest absolute Gasteiger partial charge is 0.353 e. The molecule has 4 heteroatoms. The molecule has 4 rings (SSSR count). The molecular weight excluding hydrogens is 346 g/mol. The molecule has 0 atom stereocenters. The molecule has 2 N–H and O–H groups in total. The van der Waals surface area contributed by atoms with Gasteiger partial charge in [-0.15, -0.1) is 0 Å². The van der Waals surface area contributed by atoms with Gasteiger partial charge in [-0.3, -0.25) is 9.78 Å². The van der Waals surface area contributed by atoms with Gasteiger partial charge >= 0.3 is 0 Å². The van der Waals surface area contributed by atoms with Crippen molar-refractivity contribution in [1.82, 2.24) is 9.97 Å². The summed E-state index contributed by atoms with van der Waals surface area (Å²) in [6.45, 7) is 6.45. The number of anilines is 1. The van der Waals surface area contributed by atoms with E-state index in [0.717, 1.165) is 33.4 Å². The number of nitrogens with one attached hydrogen (secondary N) is 2.